The van der Waals surface area contributed by atoms with Gasteiger partial charge in [-0.3, -0.25) is 0 Å². The van der Waals surface area contributed by atoms with Crippen molar-refractivity contribution in [1.29, 1.82) is 0 Å². The van der Waals surface area contributed by atoms with E-state index >= 15 is 0 Å². The van der Waals surface area contributed by atoms with Gasteiger partial charge in [-0.05, 0) is 91.1 Å². The molecule has 0 spiro atoms. The molecule has 194 valence electrons. The predicted molar refractivity (Wildman–Crippen MR) is 144 cm³/mol. The van der Waals surface area contributed by atoms with Crippen molar-refractivity contribution < 1.29 is 8.81 Å². The van der Waals surface area contributed by atoms with Crippen molar-refractivity contribution in [1.82, 2.24) is 30.0 Å². The second-order valence-corrected chi connectivity index (χ2v) is 11.1. The fraction of sp³-hybridized carbons (Fsp3) is 0.400. The minimum Gasteiger partial charge on any atom is -0.435 e. The van der Waals surface area contributed by atoms with Crippen LogP contribution in [0.2, 0.25) is 0 Å². The van der Waals surface area contributed by atoms with Gasteiger partial charge >= 0.3 is 0 Å². The number of allylic oxidation sites excluding steroid dienone is 4. The van der Waals surface area contributed by atoms with Crippen molar-refractivity contribution in [2.45, 2.75) is 51.5 Å². The van der Waals surface area contributed by atoms with Gasteiger partial charge in [-0.1, -0.05) is 13.0 Å². The minimum absolute atomic E-state index is 0.0247. The maximum atomic E-state index is 14.7. The molecule has 0 saturated heterocycles. The summed E-state index contributed by atoms with van der Waals surface area (Å²) >= 11 is 0. The molecule has 3 aromatic heterocycles. The second-order valence-electron chi connectivity index (χ2n) is 11.1. The first-order valence-electron chi connectivity index (χ1n) is 13.6. The van der Waals surface area contributed by atoms with Crippen LogP contribution in [0.5, 0.6) is 0 Å². The Kier molecular flexibility index (Phi) is 5.73. The van der Waals surface area contributed by atoms with E-state index in [9.17, 15) is 4.39 Å². The summed E-state index contributed by atoms with van der Waals surface area (Å²) < 4.78 is 22.7. The average molecular weight is 511 g/mol. The Bertz CT molecular complexity index is 1590. The van der Waals surface area contributed by atoms with Gasteiger partial charge in [0.2, 0.25) is 5.89 Å². The standard InChI is InChI=1S/C30H31FN6O/c1-17-9-22(31)13-23(29-36-33-16-37(29)2)28(17)21-11-24(20-6-7-20)34-26(12-21)30-35-25-10-19(5-8-27(25)38-30)15-32-14-18-3-4-18/h5,8,10-13,16-18,20,32H,3-4,6-7,9,14-15H2,1-2H3. The third kappa shape index (κ3) is 4.58. The number of nitrogens with zero attached hydrogens (tertiary/aromatic N) is 5. The summed E-state index contributed by atoms with van der Waals surface area (Å²) in [5.74, 6) is 2.28. The number of nitrogens with one attached hydrogen (secondary N) is 1. The van der Waals surface area contributed by atoms with E-state index < -0.39 is 0 Å². The highest BCUT2D eigenvalue weighted by molar-refractivity contribution is 5.96. The Balaban J connectivity index is 1.30. The first kappa shape index (κ1) is 23.5. The zero-order valence-electron chi connectivity index (χ0n) is 21.7. The molecule has 1 aromatic carbocycles. The molecule has 0 bridgehead atoms. The highest BCUT2D eigenvalue weighted by Gasteiger charge is 2.30. The Hall–Kier alpha value is -3.65. The number of aromatic nitrogens is 5. The third-order valence-corrected chi connectivity index (χ3v) is 7.82. The van der Waals surface area contributed by atoms with Crippen LogP contribution in [-0.2, 0) is 13.6 Å². The molecule has 38 heavy (non-hydrogen) atoms. The molecule has 4 aromatic rings. The molecule has 2 saturated carbocycles. The second kappa shape index (κ2) is 9.27. The maximum absolute atomic E-state index is 14.7. The first-order chi connectivity index (χ1) is 18.5. The third-order valence-electron chi connectivity index (χ3n) is 7.82. The van der Waals surface area contributed by atoms with Gasteiger partial charge in [0.25, 0.3) is 0 Å². The fourth-order valence-corrected chi connectivity index (χ4v) is 5.45. The highest BCUT2D eigenvalue weighted by Crippen LogP contribution is 2.45. The van der Waals surface area contributed by atoms with E-state index in [1.807, 2.05) is 23.7 Å². The van der Waals surface area contributed by atoms with Crippen LogP contribution in [0.1, 0.15) is 67.6 Å². The van der Waals surface area contributed by atoms with Gasteiger partial charge in [0.05, 0.1) is 0 Å². The van der Waals surface area contributed by atoms with Crippen molar-refractivity contribution in [3.8, 4) is 11.6 Å². The van der Waals surface area contributed by atoms with Gasteiger partial charge < -0.3 is 14.3 Å². The van der Waals surface area contributed by atoms with Crippen molar-refractivity contribution in [2.24, 2.45) is 18.9 Å². The molecule has 3 heterocycles. The molecule has 8 heteroatoms. The van der Waals surface area contributed by atoms with E-state index in [1.165, 1.54) is 18.4 Å². The smallest absolute Gasteiger partial charge is 0.246 e. The fourth-order valence-electron chi connectivity index (χ4n) is 5.45. The van der Waals surface area contributed by atoms with Crippen LogP contribution >= 0.6 is 0 Å². The van der Waals surface area contributed by atoms with Crippen LogP contribution in [0, 0.1) is 11.8 Å². The Morgan fingerprint density at radius 1 is 1.11 bits per heavy atom. The van der Waals surface area contributed by atoms with Crippen LogP contribution in [0.25, 0.3) is 33.8 Å². The quantitative estimate of drug-likeness (QED) is 0.304. The lowest BCUT2D eigenvalue weighted by molar-refractivity contribution is 0.543. The van der Waals surface area contributed by atoms with Gasteiger partial charge in [0.1, 0.15) is 23.4 Å². The summed E-state index contributed by atoms with van der Waals surface area (Å²) in [5.41, 5.74) is 7.36. The summed E-state index contributed by atoms with van der Waals surface area (Å²) in [4.78, 5) is 9.83. The summed E-state index contributed by atoms with van der Waals surface area (Å²) in [6.45, 7) is 3.97. The molecular formula is C30H31FN6O. The van der Waals surface area contributed by atoms with Crippen LogP contribution in [0.15, 0.2) is 53.0 Å². The number of oxazole rings is 1. The summed E-state index contributed by atoms with van der Waals surface area (Å²) in [6.07, 6.45) is 8.54. The van der Waals surface area contributed by atoms with Crippen molar-refractivity contribution in [2.75, 3.05) is 6.54 Å². The SMILES string of the molecule is CC1CC(F)=CC(c2nncn2C)=C1c1cc(-c2nc3cc(CNCC4CC4)ccc3o2)nc(C2CC2)c1. The number of aryl methyl sites for hydroxylation is 1. The van der Waals surface area contributed by atoms with Crippen molar-refractivity contribution >= 4 is 22.2 Å². The molecule has 3 aliphatic rings. The number of rotatable bonds is 8. The van der Waals surface area contributed by atoms with Gasteiger partial charge in [-0.2, -0.15) is 0 Å². The van der Waals surface area contributed by atoms with Crippen LogP contribution < -0.4 is 5.32 Å². The number of benzene rings is 1. The molecule has 1 unspecified atom stereocenters. The van der Waals surface area contributed by atoms with E-state index in [-0.39, 0.29) is 11.7 Å². The lowest BCUT2D eigenvalue weighted by atomic mass is 9.82. The van der Waals surface area contributed by atoms with E-state index in [4.69, 9.17) is 14.4 Å². The van der Waals surface area contributed by atoms with Crippen molar-refractivity contribution in [3.63, 3.8) is 0 Å². The zero-order chi connectivity index (χ0) is 25.8. The van der Waals surface area contributed by atoms with E-state index in [2.05, 4.69) is 40.6 Å². The van der Waals surface area contributed by atoms with Gasteiger partial charge in [-0.15, -0.1) is 10.2 Å². The largest absolute Gasteiger partial charge is 0.435 e. The zero-order valence-corrected chi connectivity index (χ0v) is 21.7. The average Bonchev–Trinajstić information content (AvgIpc) is 3.83. The lowest BCUT2D eigenvalue weighted by Gasteiger charge is -2.24. The molecule has 3 aliphatic carbocycles. The molecule has 2 fully saturated rings. The van der Waals surface area contributed by atoms with Crippen LogP contribution in [0.3, 0.4) is 0 Å². The van der Waals surface area contributed by atoms with Gasteiger partial charge in [0.15, 0.2) is 11.4 Å². The number of hydrogen-bond acceptors (Lipinski definition) is 6. The van der Waals surface area contributed by atoms with Crippen molar-refractivity contribution in [3.05, 3.63) is 71.2 Å². The molecule has 0 radical (unpaired) electrons. The molecular weight excluding hydrogens is 479 g/mol. The molecule has 7 rings (SSSR count). The Morgan fingerprint density at radius 2 is 1.97 bits per heavy atom. The Labute approximate surface area is 220 Å². The topological polar surface area (TPSA) is 81.7 Å². The number of hydrogen-bond donors (Lipinski definition) is 1. The van der Waals surface area contributed by atoms with Gasteiger partial charge in [0, 0.05) is 37.2 Å². The molecule has 1 atom stereocenters. The Morgan fingerprint density at radius 3 is 2.74 bits per heavy atom. The van der Waals surface area contributed by atoms with E-state index in [1.54, 1.807) is 12.4 Å². The number of halogens is 1. The molecule has 1 N–H and O–H groups in total. The first-order valence-corrected chi connectivity index (χ1v) is 13.6. The minimum atomic E-state index is -0.141. The monoisotopic (exact) mass is 510 g/mol. The molecule has 7 nitrogen and oxygen atoms in total. The normalized spacial score (nSPS) is 19.9. The van der Waals surface area contributed by atoms with Crippen LogP contribution in [-0.4, -0.2) is 31.3 Å². The van der Waals surface area contributed by atoms with E-state index in [0.29, 0.717) is 29.7 Å². The number of pyridine rings is 1. The number of fused-ring (bicyclic) bond motifs is 1. The van der Waals surface area contributed by atoms with Gasteiger partial charge in [-0.25, -0.2) is 14.4 Å². The molecule has 0 amide bonds. The summed E-state index contributed by atoms with van der Waals surface area (Å²) in [5, 5.41) is 11.9. The predicted octanol–water partition coefficient (Wildman–Crippen LogP) is 6.20. The van der Waals surface area contributed by atoms with E-state index in [0.717, 1.165) is 65.4 Å². The lowest BCUT2D eigenvalue weighted by Crippen LogP contribution is -2.15. The summed E-state index contributed by atoms with van der Waals surface area (Å²) in [7, 11) is 1.88. The molecule has 0 aliphatic heterocycles. The highest BCUT2D eigenvalue weighted by atomic mass is 19.1. The maximum Gasteiger partial charge on any atom is 0.246 e. The van der Waals surface area contributed by atoms with Crippen LogP contribution in [0.4, 0.5) is 4.39 Å². The summed E-state index contributed by atoms with van der Waals surface area (Å²) in [6, 6.07) is 10.4.